The summed E-state index contributed by atoms with van der Waals surface area (Å²) in [6, 6.07) is 18.2. The number of allylic oxidation sites excluding steroid dienone is 2. The van der Waals surface area contributed by atoms with Crippen LogP contribution in [0.1, 0.15) is 27.2 Å². The molecule has 0 N–H and O–H groups in total. The van der Waals surface area contributed by atoms with Crippen LogP contribution in [0, 0.1) is 6.92 Å². The number of aryl methyl sites for hydroxylation is 1. The fourth-order valence-corrected chi connectivity index (χ4v) is 3.17. The molecule has 0 spiro atoms. The fraction of sp³-hybridized carbons (Fsp3) is 0.0435. The van der Waals surface area contributed by atoms with Gasteiger partial charge >= 0.3 is 0 Å². The Bertz CT molecular complexity index is 1070. The van der Waals surface area contributed by atoms with Gasteiger partial charge in [0, 0.05) is 11.1 Å². The van der Waals surface area contributed by atoms with Crippen LogP contribution in [0.25, 0.3) is 11.6 Å². The van der Waals surface area contributed by atoms with Gasteiger partial charge in [0.05, 0.1) is 12.0 Å². The lowest BCUT2D eigenvalue weighted by atomic mass is 9.92. The van der Waals surface area contributed by atoms with E-state index in [-0.39, 0.29) is 11.8 Å². The minimum absolute atomic E-state index is 0.308. The van der Waals surface area contributed by atoms with Crippen molar-refractivity contribution in [2.45, 2.75) is 6.92 Å². The van der Waals surface area contributed by atoms with Gasteiger partial charge in [0.1, 0.15) is 5.76 Å². The Morgan fingerprint density at radius 1 is 0.852 bits per heavy atom. The zero-order chi connectivity index (χ0) is 18.8. The number of benzene rings is 2. The molecule has 1 aromatic heterocycles. The number of imide groups is 1. The van der Waals surface area contributed by atoms with Crippen LogP contribution in [0.3, 0.4) is 0 Å². The zero-order valence-electron chi connectivity index (χ0n) is 14.8. The monoisotopic (exact) mass is 355 g/mol. The maximum atomic E-state index is 13.2. The van der Waals surface area contributed by atoms with E-state index in [1.807, 2.05) is 37.3 Å². The second-order valence-electron chi connectivity index (χ2n) is 6.23. The number of rotatable bonds is 3. The lowest BCUT2D eigenvalue weighted by Crippen LogP contribution is -2.42. The molecule has 1 aliphatic rings. The highest BCUT2D eigenvalue weighted by Crippen LogP contribution is 2.33. The largest absolute Gasteiger partial charge is 0.465 e. The zero-order valence-corrected chi connectivity index (χ0v) is 14.8. The summed E-state index contributed by atoms with van der Waals surface area (Å²) >= 11 is 0. The molecule has 0 bridgehead atoms. The first-order chi connectivity index (χ1) is 13.2. The van der Waals surface area contributed by atoms with Gasteiger partial charge < -0.3 is 4.42 Å². The number of fused-ring (bicyclic) bond motifs is 1. The lowest BCUT2D eigenvalue weighted by Gasteiger charge is -2.29. The molecule has 4 nitrogen and oxygen atoms in total. The minimum atomic E-state index is -0.336. The van der Waals surface area contributed by atoms with Crippen molar-refractivity contribution in [3.8, 4) is 0 Å². The molecule has 2 aromatic carbocycles. The van der Waals surface area contributed by atoms with Crippen LogP contribution in [-0.2, 0) is 4.79 Å². The molecule has 0 radical (unpaired) electrons. The van der Waals surface area contributed by atoms with Crippen molar-refractivity contribution in [3.63, 3.8) is 0 Å². The van der Waals surface area contributed by atoms with E-state index in [1.165, 1.54) is 4.90 Å². The van der Waals surface area contributed by atoms with Crippen LogP contribution in [0.5, 0.6) is 0 Å². The van der Waals surface area contributed by atoms with E-state index in [9.17, 15) is 9.59 Å². The average molecular weight is 355 g/mol. The Hall–Kier alpha value is -3.66. The molecule has 4 heteroatoms. The molecule has 3 aromatic rings. The van der Waals surface area contributed by atoms with Gasteiger partial charge in [-0.05, 0) is 54.5 Å². The van der Waals surface area contributed by atoms with Crippen LogP contribution < -0.4 is 4.90 Å². The first-order valence-electron chi connectivity index (χ1n) is 8.62. The molecule has 27 heavy (non-hydrogen) atoms. The van der Waals surface area contributed by atoms with E-state index >= 15 is 0 Å². The van der Waals surface area contributed by atoms with Gasteiger partial charge in [-0.2, -0.15) is 0 Å². The Balaban J connectivity index is 1.83. The Kier molecular flexibility index (Phi) is 4.30. The molecule has 2 heterocycles. The van der Waals surface area contributed by atoms with Crippen molar-refractivity contribution in [2.24, 2.45) is 0 Å². The van der Waals surface area contributed by atoms with Crippen LogP contribution in [0.2, 0.25) is 0 Å². The Labute approximate surface area is 157 Å². The Morgan fingerprint density at radius 2 is 1.59 bits per heavy atom. The van der Waals surface area contributed by atoms with E-state index < -0.39 is 0 Å². The van der Waals surface area contributed by atoms with Crippen molar-refractivity contribution < 1.29 is 14.0 Å². The van der Waals surface area contributed by atoms with Gasteiger partial charge in [-0.15, -0.1) is 0 Å². The fourth-order valence-electron chi connectivity index (χ4n) is 3.17. The number of anilines is 1. The number of furan rings is 1. The molecule has 0 saturated heterocycles. The second-order valence-corrected chi connectivity index (χ2v) is 6.23. The van der Waals surface area contributed by atoms with Gasteiger partial charge in [-0.3, -0.25) is 9.59 Å². The standard InChI is InChI=1S/C23H17NO3/c1-16-8-2-5-14-21(16)24-22(25)19-12-4-3-11-18(19)20(23(24)26)13-6-9-17-10-7-15-27-17/h2-15H,1H3. The quantitative estimate of drug-likeness (QED) is 0.497. The summed E-state index contributed by atoms with van der Waals surface area (Å²) in [6.07, 6.45) is 6.85. The summed E-state index contributed by atoms with van der Waals surface area (Å²) in [5.41, 5.74) is 3.09. The topological polar surface area (TPSA) is 50.5 Å². The molecule has 132 valence electrons. The minimum Gasteiger partial charge on any atom is -0.465 e. The number of nitrogens with zero attached hydrogens (tertiary/aromatic N) is 1. The Morgan fingerprint density at radius 3 is 2.33 bits per heavy atom. The molecule has 0 fully saturated rings. The maximum absolute atomic E-state index is 13.2. The number of para-hydroxylation sites is 1. The summed E-state index contributed by atoms with van der Waals surface area (Å²) in [5, 5.41) is 0. The third kappa shape index (κ3) is 3.02. The van der Waals surface area contributed by atoms with Crippen molar-refractivity contribution >= 4 is 29.2 Å². The van der Waals surface area contributed by atoms with E-state index in [2.05, 4.69) is 0 Å². The number of hydrogen-bond donors (Lipinski definition) is 0. The third-order valence-corrected chi connectivity index (χ3v) is 4.51. The number of carbonyl (C=O) groups is 2. The van der Waals surface area contributed by atoms with E-state index in [4.69, 9.17) is 4.42 Å². The van der Waals surface area contributed by atoms with E-state index in [0.717, 1.165) is 5.56 Å². The number of amides is 2. The highest BCUT2D eigenvalue weighted by atomic mass is 16.3. The van der Waals surface area contributed by atoms with E-state index in [1.54, 1.807) is 54.8 Å². The second kappa shape index (κ2) is 6.92. The van der Waals surface area contributed by atoms with Crippen LogP contribution in [-0.4, -0.2) is 11.8 Å². The summed E-state index contributed by atoms with van der Waals surface area (Å²) in [6.45, 7) is 1.89. The predicted molar refractivity (Wildman–Crippen MR) is 105 cm³/mol. The lowest BCUT2D eigenvalue weighted by molar-refractivity contribution is -0.112. The van der Waals surface area contributed by atoms with Crippen LogP contribution >= 0.6 is 0 Å². The number of carbonyl (C=O) groups excluding carboxylic acids is 2. The highest BCUT2D eigenvalue weighted by molar-refractivity contribution is 6.41. The van der Waals surface area contributed by atoms with Crippen LogP contribution in [0.4, 0.5) is 5.69 Å². The molecule has 1 aliphatic heterocycles. The van der Waals surface area contributed by atoms with Gasteiger partial charge in [-0.25, -0.2) is 4.90 Å². The van der Waals surface area contributed by atoms with Crippen molar-refractivity contribution in [2.75, 3.05) is 4.90 Å². The van der Waals surface area contributed by atoms with Crippen molar-refractivity contribution in [3.05, 3.63) is 102 Å². The summed E-state index contributed by atoms with van der Waals surface area (Å²) < 4.78 is 5.28. The molecule has 0 aliphatic carbocycles. The first kappa shape index (κ1) is 16.8. The summed E-state index contributed by atoms with van der Waals surface area (Å²) in [7, 11) is 0. The molecule has 2 amide bonds. The average Bonchev–Trinajstić information content (AvgIpc) is 3.19. The smallest absolute Gasteiger partial charge is 0.265 e. The molecule has 4 rings (SSSR count). The molecule has 0 saturated carbocycles. The first-order valence-corrected chi connectivity index (χ1v) is 8.62. The SMILES string of the molecule is Cc1ccccc1N1C(=O)C(=CC=Cc2ccco2)c2ccccc2C1=O. The van der Waals surface area contributed by atoms with Gasteiger partial charge in [0.15, 0.2) is 0 Å². The predicted octanol–water partition coefficient (Wildman–Crippen LogP) is 4.87. The van der Waals surface area contributed by atoms with Gasteiger partial charge in [0.25, 0.3) is 11.8 Å². The maximum Gasteiger partial charge on any atom is 0.265 e. The molecular formula is C23H17NO3. The normalized spacial score (nSPS) is 15.6. The third-order valence-electron chi connectivity index (χ3n) is 4.51. The van der Waals surface area contributed by atoms with Crippen molar-refractivity contribution in [1.29, 1.82) is 0 Å². The summed E-state index contributed by atoms with van der Waals surface area (Å²) in [4.78, 5) is 27.5. The molecule has 0 atom stereocenters. The van der Waals surface area contributed by atoms with E-state index in [0.29, 0.717) is 28.1 Å². The van der Waals surface area contributed by atoms with Crippen molar-refractivity contribution in [1.82, 2.24) is 0 Å². The number of hydrogen-bond acceptors (Lipinski definition) is 3. The van der Waals surface area contributed by atoms with Gasteiger partial charge in [-0.1, -0.05) is 42.5 Å². The van der Waals surface area contributed by atoms with Gasteiger partial charge in [0.2, 0.25) is 0 Å². The highest BCUT2D eigenvalue weighted by Gasteiger charge is 2.35. The summed E-state index contributed by atoms with van der Waals surface area (Å²) in [5.74, 6) is 0.0457. The van der Waals surface area contributed by atoms with Crippen LogP contribution in [0.15, 0.2) is 83.5 Å². The molecular weight excluding hydrogens is 338 g/mol. The molecule has 0 unspecified atom stereocenters.